The number of hydrogen-bond donors (Lipinski definition) is 1. The van der Waals surface area contributed by atoms with Crippen LogP contribution >= 0.6 is 0 Å². The zero-order valence-electron chi connectivity index (χ0n) is 7.11. The second-order valence-corrected chi connectivity index (χ2v) is 3.78. The van der Waals surface area contributed by atoms with E-state index in [4.69, 9.17) is 4.55 Å². The molecule has 0 radical (unpaired) electrons. The molecular formula is C10H7FO2S. The summed E-state index contributed by atoms with van der Waals surface area (Å²) in [6, 6.07) is 9.13. The number of fused-ring (bicyclic) bond motifs is 1. The third kappa shape index (κ3) is 1.42. The van der Waals surface area contributed by atoms with Crippen LogP contribution in [0.5, 0.6) is 0 Å². The van der Waals surface area contributed by atoms with Gasteiger partial charge in [0.1, 0.15) is 5.82 Å². The topological polar surface area (TPSA) is 37.3 Å². The average Bonchev–Trinajstić information content (AvgIpc) is 2.17. The molecule has 0 amide bonds. The van der Waals surface area contributed by atoms with E-state index in [0.29, 0.717) is 10.8 Å². The molecule has 14 heavy (non-hydrogen) atoms. The van der Waals surface area contributed by atoms with Gasteiger partial charge in [0.05, 0.1) is 4.90 Å². The van der Waals surface area contributed by atoms with E-state index < -0.39 is 11.1 Å². The molecule has 72 valence electrons. The average molecular weight is 210 g/mol. The summed E-state index contributed by atoms with van der Waals surface area (Å²) >= 11 is -2.08. The Balaban J connectivity index is 2.88. The minimum absolute atomic E-state index is 0.238. The maximum Gasteiger partial charge on any atom is 0.187 e. The SMILES string of the molecule is O=S(O)c1cccc2c(F)cccc12. The van der Waals surface area contributed by atoms with Gasteiger partial charge in [0.2, 0.25) is 0 Å². The predicted octanol–water partition coefficient (Wildman–Crippen LogP) is 2.56. The molecule has 2 aromatic rings. The molecule has 1 atom stereocenters. The van der Waals surface area contributed by atoms with Crippen molar-refractivity contribution in [1.29, 1.82) is 0 Å². The van der Waals surface area contributed by atoms with Crippen LogP contribution in [-0.4, -0.2) is 8.76 Å². The Kier molecular flexibility index (Phi) is 2.31. The van der Waals surface area contributed by atoms with Crippen molar-refractivity contribution in [3.05, 3.63) is 42.2 Å². The molecule has 4 heteroatoms. The first-order chi connectivity index (χ1) is 6.70. The second-order valence-electron chi connectivity index (χ2n) is 2.84. The van der Waals surface area contributed by atoms with E-state index in [0.717, 1.165) is 0 Å². The van der Waals surface area contributed by atoms with E-state index in [2.05, 4.69) is 0 Å². The van der Waals surface area contributed by atoms with Gasteiger partial charge in [0.15, 0.2) is 11.1 Å². The molecular weight excluding hydrogens is 203 g/mol. The smallest absolute Gasteiger partial charge is 0.187 e. The zero-order valence-corrected chi connectivity index (χ0v) is 7.92. The summed E-state index contributed by atoms with van der Waals surface area (Å²) in [5, 5.41) is 0.848. The third-order valence-corrected chi connectivity index (χ3v) is 2.75. The van der Waals surface area contributed by atoms with E-state index in [1.54, 1.807) is 18.2 Å². The van der Waals surface area contributed by atoms with Gasteiger partial charge in [0.25, 0.3) is 0 Å². The summed E-state index contributed by atoms with van der Waals surface area (Å²) < 4.78 is 33.1. The Morgan fingerprint density at radius 2 is 1.71 bits per heavy atom. The predicted molar refractivity (Wildman–Crippen MR) is 52.9 cm³/mol. The molecule has 0 saturated heterocycles. The van der Waals surface area contributed by atoms with Crippen molar-refractivity contribution in [2.75, 3.05) is 0 Å². The van der Waals surface area contributed by atoms with Crippen LogP contribution in [0.4, 0.5) is 4.39 Å². The van der Waals surface area contributed by atoms with Crippen LogP contribution in [0.25, 0.3) is 10.8 Å². The molecule has 0 bridgehead atoms. The lowest BCUT2D eigenvalue weighted by atomic mass is 10.1. The zero-order chi connectivity index (χ0) is 10.1. The van der Waals surface area contributed by atoms with Crippen molar-refractivity contribution < 1.29 is 13.2 Å². The highest BCUT2D eigenvalue weighted by molar-refractivity contribution is 7.79. The molecule has 0 aromatic heterocycles. The Morgan fingerprint density at radius 3 is 2.43 bits per heavy atom. The monoisotopic (exact) mass is 210 g/mol. The second kappa shape index (κ2) is 3.48. The Bertz CT molecular complexity index is 510. The normalized spacial score (nSPS) is 13.0. The molecule has 0 saturated carbocycles. The van der Waals surface area contributed by atoms with Crippen LogP contribution < -0.4 is 0 Å². The van der Waals surface area contributed by atoms with E-state index >= 15 is 0 Å². The first-order valence-electron chi connectivity index (χ1n) is 3.98. The van der Waals surface area contributed by atoms with Crippen LogP contribution in [0.15, 0.2) is 41.3 Å². The van der Waals surface area contributed by atoms with Crippen LogP contribution in [0, 0.1) is 5.82 Å². The standard InChI is InChI=1S/C10H7FO2S/c11-9-5-1-4-8-7(9)3-2-6-10(8)14(12)13/h1-6H,(H,12,13). The van der Waals surface area contributed by atoms with Crippen molar-refractivity contribution in [3.8, 4) is 0 Å². The van der Waals surface area contributed by atoms with Crippen LogP contribution in [0.2, 0.25) is 0 Å². The molecule has 2 rings (SSSR count). The van der Waals surface area contributed by atoms with Crippen molar-refractivity contribution in [2.24, 2.45) is 0 Å². The third-order valence-electron chi connectivity index (χ3n) is 2.02. The molecule has 0 heterocycles. The van der Waals surface area contributed by atoms with Crippen LogP contribution in [0.3, 0.4) is 0 Å². The first-order valence-corrected chi connectivity index (χ1v) is 5.09. The lowest BCUT2D eigenvalue weighted by Gasteiger charge is -2.02. The number of halogens is 1. The quantitative estimate of drug-likeness (QED) is 0.734. The summed E-state index contributed by atoms with van der Waals surface area (Å²) in [4.78, 5) is 0.238. The summed E-state index contributed by atoms with van der Waals surface area (Å²) in [6.07, 6.45) is 0. The fourth-order valence-electron chi connectivity index (χ4n) is 1.40. The highest BCUT2D eigenvalue weighted by Crippen LogP contribution is 2.23. The minimum Gasteiger partial charge on any atom is -0.302 e. The largest absolute Gasteiger partial charge is 0.302 e. The van der Waals surface area contributed by atoms with Gasteiger partial charge >= 0.3 is 0 Å². The maximum absolute atomic E-state index is 13.2. The van der Waals surface area contributed by atoms with Gasteiger partial charge in [-0.3, -0.25) is 0 Å². The minimum atomic E-state index is -2.08. The fraction of sp³-hybridized carbons (Fsp3) is 0. The molecule has 2 aromatic carbocycles. The summed E-state index contributed by atoms with van der Waals surface area (Å²) in [7, 11) is 0. The molecule has 1 unspecified atom stereocenters. The number of benzene rings is 2. The number of hydrogen-bond acceptors (Lipinski definition) is 1. The highest BCUT2D eigenvalue weighted by atomic mass is 32.2. The molecule has 0 spiro atoms. The molecule has 0 aliphatic carbocycles. The summed E-state index contributed by atoms with van der Waals surface area (Å²) in [5.41, 5.74) is 0. The van der Waals surface area contributed by atoms with Gasteiger partial charge in [-0.15, -0.1) is 0 Å². The van der Waals surface area contributed by atoms with Crippen molar-refractivity contribution in [2.45, 2.75) is 4.90 Å². The molecule has 0 fully saturated rings. The van der Waals surface area contributed by atoms with E-state index in [1.165, 1.54) is 18.2 Å². The van der Waals surface area contributed by atoms with Crippen molar-refractivity contribution in [3.63, 3.8) is 0 Å². The lowest BCUT2D eigenvalue weighted by molar-refractivity contribution is 0.565. The van der Waals surface area contributed by atoms with Gasteiger partial charge in [-0.05, 0) is 12.1 Å². The number of rotatable bonds is 1. The van der Waals surface area contributed by atoms with Gasteiger partial charge in [-0.25, -0.2) is 8.60 Å². The molecule has 0 aliphatic heterocycles. The van der Waals surface area contributed by atoms with E-state index in [-0.39, 0.29) is 10.7 Å². The molecule has 0 aliphatic rings. The summed E-state index contributed by atoms with van der Waals surface area (Å²) in [6.45, 7) is 0. The lowest BCUT2D eigenvalue weighted by Crippen LogP contribution is -1.90. The Morgan fingerprint density at radius 1 is 1.07 bits per heavy atom. The van der Waals surface area contributed by atoms with Gasteiger partial charge in [-0.1, -0.05) is 24.3 Å². The fourth-order valence-corrected chi connectivity index (χ4v) is 1.96. The van der Waals surface area contributed by atoms with Crippen molar-refractivity contribution >= 4 is 21.9 Å². The molecule has 2 nitrogen and oxygen atoms in total. The van der Waals surface area contributed by atoms with Gasteiger partial charge < -0.3 is 4.55 Å². The maximum atomic E-state index is 13.2. The van der Waals surface area contributed by atoms with Crippen molar-refractivity contribution in [1.82, 2.24) is 0 Å². The van der Waals surface area contributed by atoms with E-state index in [1.807, 2.05) is 0 Å². The van der Waals surface area contributed by atoms with Crippen LogP contribution in [0.1, 0.15) is 0 Å². The molecule has 1 N–H and O–H groups in total. The van der Waals surface area contributed by atoms with E-state index in [9.17, 15) is 8.60 Å². The Labute approximate surface area is 82.7 Å². The van der Waals surface area contributed by atoms with Crippen LogP contribution in [-0.2, 0) is 11.1 Å². The summed E-state index contributed by atoms with van der Waals surface area (Å²) in [5.74, 6) is -0.380. The Hall–Kier alpha value is -1.26. The van der Waals surface area contributed by atoms with Gasteiger partial charge in [-0.2, -0.15) is 0 Å². The van der Waals surface area contributed by atoms with Gasteiger partial charge in [0, 0.05) is 10.8 Å². The first kappa shape index (κ1) is 9.30. The highest BCUT2D eigenvalue weighted by Gasteiger charge is 2.07.